The first-order valence-corrected chi connectivity index (χ1v) is 6.27. The maximum atomic E-state index is 13.6. The molecule has 2 N–H and O–H groups in total. The fourth-order valence-electron chi connectivity index (χ4n) is 1.41. The molecular formula is C12H9ClFNO2S. The minimum atomic E-state index is -0.958. The van der Waals surface area contributed by atoms with Crippen molar-refractivity contribution in [2.24, 2.45) is 0 Å². The van der Waals surface area contributed by atoms with Gasteiger partial charge in [-0.2, -0.15) is 0 Å². The zero-order valence-corrected chi connectivity index (χ0v) is 10.7. The molecule has 3 nitrogen and oxygen atoms in total. The Labute approximate surface area is 112 Å². The minimum Gasteiger partial charge on any atom is -0.477 e. The Kier molecular flexibility index (Phi) is 3.84. The average Bonchev–Trinajstić information content (AvgIpc) is 2.80. The van der Waals surface area contributed by atoms with Gasteiger partial charge in [-0.1, -0.05) is 17.7 Å². The summed E-state index contributed by atoms with van der Waals surface area (Å²) in [5.41, 5.74) is 0.299. The molecule has 0 saturated heterocycles. The van der Waals surface area contributed by atoms with Crippen molar-refractivity contribution in [3.8, 4) is 0 Å². The molecule has 0 bridgehead atoms. The molecular weight excluding hydrogens is 277 g/mol. The van der Waals surface area contributed by atoms with E-state index in [0.717, 1.165) is 16.2 Å². The normalized spacial score (nSPS) is 10.3. The molecule has 0 atom stereocenters. The quantitative estimate of drug-likeness (QED) is 0.897. The van der Waals surface area contributed by atoms with Gasteiger partial charge in [0.05, 0.1) is 10.7 Å². The molecule has 0 fully saturated rings. The summed E-state index contributed by atoms with van der Waals surface area (Å²) in [6.07, 6.45) is 0. The van der Waals surface area contributed by atoms with Crippen LogP contribution in [-0.4, -0.2) is 11.1 Å². The van der Waals surface area contributed by atoms with Crippen molar-refractivity contribution < 1.29 is 14.3 Å². The predicted molar refractivity (Wildman–Crippen MR) is 70.0 cm³/mol. The maximum absolute atomic E-state index is 13.6. The summed E-state index contributed by atoms with van der Waals surface area (Å²) < 4.78 is 13.6. The molecule has 0 aliphatic heterocycles. The smallest absolute Gasteiger partial charge is 0.345 e. The van der Waals surface area contributed by atoms with Crippen LogP contribution in [0, 0.1) is 5.82 Å². The van der Waals surface area contributed by atoms with Crippen molar-refractivity contribution in [1.82, 2.24) is 0 Å². The van der Waals surface area contributed by atoms with Gasteiger partial charge in [-0.3, -0.25) is 0 Å². The Morgan fingerprint density at radius 3 is 2.83 bits per heavy atom. The van der Waals surface area contributed by atoms with Crippen molar-refractivity contribution in [2.45, 2.75) is 6.54 Å². The number of anilines is 1. The summed E-state index contributed by atoms with van der Waals surface area (Å²) in [4.78, 5) is 11.8. The number of aromatic carboxylic acids is 1. The summed E-state index contributed by atoms with van der Waals surface area (Å²) in [6, 6.07) is 7.91. The lowest BCUT2D eigenvalue weighted by Gasteiger charge is -2.06. The van der Waals surface area contributed by atoms with E-state index in [1.807, 2.05) is 0 Å². The van der Waals surface area contributed by atoms with E-state index in [2.05, 4.69) is 5.32 Å². The first kappa shape index (κ1) is 12.9. The number of hydrogen-bond donors (Lipinski definition) is 2. The van der Waals surface area contributed by atoms with Crippen molar-refractivity contribution in [2.75, 3.05) is 5.32 Å². The van der Waals surface area contributed by atoms with Crippen LogP contribution in [0.15, 0.2) is 30.3 Å². The number of hydrogen-bond acceptors (Lipinski definition) is 3. The zero-order chi connectivity index (χ0) is 13.1. The maximum Gasteiger partial charge on any atom is 0.345 e. The van der Waals surface area contributed by atoms with E-state index in [1.165, 1.54) is 12.1 Å². The van der Waals surface area contributed by atoms with Gasteiger partial charge in [0, 0.05) is 11.4 Å². The SMILES string of the molecule is O=C(O)c1ccc(CNc2cccc(Cl)c2F)s1. The van der Waals surface area contributed by atoms with Gasteiger partial charge in [0.1, 0.15) is 4.88 Å². The Morgan fingerprint density at radius 1 is 1.39 bits per heavy atom. The van der Waals surface area contributed by atoms with Crippen LogP contribution in [0.5, 0.6) is 0 Å². The summed E-state index contributed by atoms with van der Waals surface area (Å²) in [6.45, 7) is 0.356. The number of carboxylic acid groups (broad SMARTS) is 1. The molecule has 1 aromatic carbocycles. The summed E-state index contributed by atoms with van der Waals surface area (Å²) in [7, 11) is 0. The van der Waals surface area contributed by atoms with Crippen LogP contribution in [0.25, 0.3) is 0 Å². The van der Waals surface area contributed by atoms with Gasteiger partial charge in [-0.05, 0) is 24.3 Å². The molecule has 2 aromatic rings. The summed E-state index contributed by atoms with van der Waals surface area (Å²) in [5, 5.41) is 11.7. The van der Waals surface area contributed by atoms with E-state index in [-0.39, 0.29) is 9.90 Å². The molecule has 0 saturated carbocycles. The molecule has 0 aliphatic rings. The third kappa shape index (κ3) is 2.80. The standard InChI is InChI=1S/C12H9ClFNO2S/c13-8-2-1-3-9(11(8)14)15-6-7-4-5-10(18-7)12(16)17/h1-5,15H,6H2,(H,16,17). The van der Waals surface area contributed by atoms with Crippen molar-refractivity contribution in [1.29, 1.82) is 0 Å². The third-order valence-corrected chi connectivity index (χ3v) is 3.64. The minimum absolute atomic E-state index is 0.0532. The van der Waals surface area contributed by atoms with Crippen LogP contribution in [0.2, 0.25) is 5.02 Å². The first-order chi connectivity index (χ1) is 8.58. The summed E-state index contributed by atoms with van der Waals surface area (Å²) >= 11 is 6.80. The molecule has 94 valence electrons. The molecule has 6 heteroatoms. The molecule has 0 unspecified atom stereocenters. The van der Waals surface area contributed by atoms with Gasteiger partial charge in [0.25, 0.3) is 0 Å². The Bertz CT molecular complexity index is 585. The van der Waals surface area contributed by atoms with Crippen molar-refractivity contribution in [3.63, 3.8) is 0 Å². The molecule has 1 aromatic heterocycles. The van der Waals surface area contributed by atoms with Gasteiger partial charge in [-0.15, -0.1) is 11.3 Å². The lowest BCUT2D eigenvalue weighted by atomic mass is 10.3. The molecule has 0 amide bonds. The lowest BCUT2D eigenvalue weighted by Crippen LogP contribution is -2.00. The lowest BCUT2D eigenvalue weighted by molar-refractivity contribution is 0.0702. The first-order valence-electron chi connectivity index (χ1n) is 5.08. The second kappa shape index (κ2) is 5.37. The number of carbonyl (C=O) groups is 1. The largest absolute Gasteiger partial charge is 0.477 e. The van der Waals surface area contributed by atoms with E-state index < -0.39 is 11.8 Å². The van der Waals surface area contributed by atoms with Crippen molar-refractivity contribution >= 4 is 34.6 Å². The van der Waals surface area contributed by atoms with Crippen molar-refractivity contribution in [3.05, 3.63) is 50.9 Å². The molecule has 1 heterocycles. The van der Waals surface area contributed by atoms with Crippen LogP contribution in [0.4, 0.5) is 10.1 Å². The van der Waals surface area contributed by atoms with Crippen LogP contribution in [0.3, 0.4) is 0 Å². The Hall–Kier alpha value is -1.59. The van der Waals surface area contributed by atoms with Crippen LogP contribution >= 0.6 is 22.9 Å². The van der Waals surface area contributed by atoms with E-state index in [4.69, 9.17) is 16.7 Å². The van der Waals surface area contributed by atoms with Gasteiger partial charge >= 0.3 is 5.97 Å². The van der Waals surface area contributed by atoms with Gasteiger partial charge < -0.3 is 10.4 Å². The average molecular weight is 286 g/mol. The number of halogens is 2. The third-order valence-electron chi connectivity index (χ3n) is 2.28. The fraction of sp³-hybridized carbons (Fsp3) is 0.0833. The molecule has 0 aliphatic carbocycles. The van der Waals surface area contributed by atoms with E-state index in [0.29, 0.717) is 12.2 Å². The van der Waals surface area contributed by atoms with Gasteiger partial charge in [0.15, 0.2) is 5.82 Å². The van der Waals surface area contributed by atoms with E-state index in [1.54, 1.807) is 18.2 Å². The van der Waals surface area contributed by atoms with Crippen LogP contribution in [-0.2, 0) is 6.54 Å². The molecule has 18 heavy (non-hydrogen) atoms. The monoisotopic (exact) mass is 285 g/mol. The highest BCUT2D eigenvalue weighted by Gasteiger charge is 2.08. The fourth-order valence-corrected chi connectivity index (χ4v) is 2.37. The van der Waals surface area contributed by atoms with Gasteiger partial charge in [-0.25, -0.2) is 9.18 Å². The van der Waals surface area contributed by atoms with Crippen LogP contribution in [0.1, 0.15) is 14.5 Å². The van der Waals surface area contributed by atoms with Crippen LogP contribution < -0.4 is 5.32 Å². The molecule has 2 rings (SSSR count). The van der Waals surface area contributed by atoms with Gasteiger partial charge in [0.2, 0.25) is 0 Å². The number of rotatable bonds is 4. The molecule has 0 radical (unpaired) electrons. The number of benzene rings is 1. The highest BCUT2D eigenvalue weighted by atomic mass is 35.5. The highest BCUT2D eigenvalue weighted by molar-refractivity contribution is 7.13. The van der Waals surface area contributed by atoms with E-state index in [9.17, 15) is 9.18 Å². The zero-order valence-electron chi connectivity index (χ0n) is 9.11. The second-order valence-corrected chi connectivity index (χ2v) is 5.10. The number of carboxylic acids is 1. The Balaban J connectivity index is 2.07. The highest BCUT2D eigenvalue weighted by Crippen LogP contribution is 2.23. The Morgan fingerprint density at radius 2 is 2.17 bits per heavy atom. The summed E-state index contributed by atoms with van der Waals surface area (Å²) in [5.74, 6) is -1.46. The predicted octanol–water partition coefficient (Wildman–Crippen LogP) is 3.85. The second-order valence-electron chi connectivity index (χ2n) is 3.53. The topological polar surface area (TPSA) is 49.3 Å². The number of thiophene rings is 1. The van der Waals surface area contributed by atoms with E-state index >= 15 is 0 Å². The molecule has 0 spiro atoms. The number of nitrogens with one attached hydrogen (secondary N) is 1.